The van der Waals surface area contributed by atoms with Gasteiger partial charge in [-0.15, -0.1) is 0 Å². The number of halogens is 1. The predicted molar refractivity (Wildman–Crippen MR) is 53.0 cm³/mol. The minimum Gasteiger partial charge on any atom is -0.0930 e. The SMILES string of the molecule is CCCCC/C(=C\Cl)CCC. The molecule has 0 aliphatic rings. The van der Waals surface area contributed by atoms with E-state index in [2.05, 4.69) is 13.8 Å². The van der Waals surface area contributed by atoms with E-state index in [4.69, 9.17) is 11.6 Å². The second-order valence-corrected chi connectivity index (χ2v) is 3.19. The highest BCUT2D eigenvalue weighted by molar-refractivity contribution is 6.25. The summed E-state index contributed by atoms with van der Waals surface area (Å²) in [6, 6.07) is 0. The normalized spacial score (nSPS) is 12.1. The first-order valence-corrected chi connectivity index (χ1v) is 5.06. The van der Waals surface area contributed by atoms with E-state index in [1.165, 1.54) is 44.1 Å². The molecule has 0 heterocycles. The van der Waals surface area contributed by atoms with E-state index in [1.54, 1.807) is 5.54 Å². The molecule has 1 heteroatoms. The highest BCUT2D eigenvalue weighted by atomic mass is 35.5. The third-order valence-electron chi connectivity index (χ3n) is 1.83. The summed E-state index contributed by atoms with van der Waals surface area (Å²) in [5, 5.41) is 0. The van der Waals surface area contributed by atoms with Crippen molar-refractivity contribution >= 4 is 11.6 Å². The highest BCUT2D eigenvalue weighted by Gasteiger charge is 1.94. The summed E-state index contributed by atoms with van der Waals surface area (Å²) in [6.07, 6.45) is 7.51. The number of allylic oxidation sites excluding steroid dienone is 1. The summed E-state index contributed by atoms with van der Waals surface area (Å²) in [7, 11) is 0. The molecule has 0 fully saturated rings. The molecule has 0 aliphatic carbocycles. The van der Waals surface area contributed by atoms with E-state index >= 15 is 0 Å². The van der Waals surface area contributed by atoms with Crippen LogP contribution < -0.4 is 0 Å². The van der Waals surface area contributed by atoms with E-state index in [-0.39, 0.29) is 0 Å². The van der Waals surface area contributed by atoms with Crippen molar-refractivity contribution in [3.05, 3.63) is 11.1 Å². The van der Waals surface area contributed by atoms with Crippen LogP contribution in [-0.2, 0) is 0 Å². The van der Waals surface area contributed by atoms with Gasteiger partial charge in [0.2, 0.25) is 0 Å². The van der Waals surface area contributed by atoms with Crippen LogP contribution in [0.1, 0.15) is 52.4 Å². The minimum atomic E-state index is 1.17. The van der Waals surface area contributed by atoms with Crippen LogP contribution in [0.15, 0.2) is 11.1 Å². The summed E-state index contributed by atoms with van der Waals surface area (Å²) >= 11 is 5.66. The molecule has 11 heavy (non-hydrogen) atoms. The lowest BCUT2D eigenvalue weighted by Gasteiger charge is -2.02. The van der Waals surface area contributed by atoms with E-state index in [9.17, 15) is 0 Å². The summed E-state index contributed by atoms with van der Waals surface area (Å²) in [4.78, 5) is 0. The molecule has 0 saturated carbocycles. The quantitative estimate of drug-likeness (QED) is 0.521. The van der Waals surface area contributed by atoms with Crippen molar-refractivity contribution in [1.29, 1.82) is 0 Å². The van der Waals surface area contributed by atoms with Gasteiger partial charge in [0.25, 0.3) is 0 Å². The van der Waals surface area contributed by atoms with Gasteiger partial charge >= 0.3 is 0 Å². The Morgan fingerprint density at radius 1 is 1.09 bits per heavy atom. The molecule has 0 spiro atoms. The zero-order chi connectivity index (χ0) is 8.53. The molecule has 0 unspecified atom stereocenters. The van der Waals surface area contributed by atoms with Crippen molar-refractivity contribution in [2.45, 2.75) is 52.4 Å². The molecule has 0 saturated heterocycles. The van der Waals surface area contributed by atoms with Gasteiger partial charge in [-0.25, -0.2) is 0 Å². The first-order valence-electron chi connectivity index (χ1n) is 4.63. The molecule has 0 aromatic carbocycles. The van der Waals surface area contributed by atoms with E-state index in [1.807, 2.05) is 0 Å². The lowest BCUT2D eigenvalue weighted by atomic mass is 10.1. The fourth-order valence-corrected chi connectivity index (χ4v) is 1.38. The Balaban J connectivity index is 3.37. The van der Waals surface area contributed by atoms with Crippen molar-refractivity contribution in [3.8, 4) is 0 Å². The number of rotatable bonds is 6. The Kier molecular flexibility index (Phi) is 8.15. The first kappa shape index (κ1) is 11.0. The van der Waals surface area contributed by atoms with Crippen molar-refractivity contribution in [2.24, 2.45) is 0 Å². The third kappa shape index (κ3) is 6.43. The van der Waals surface area contributed by atoms with Crippen LogP contribution in [0, 0.1) is 0 Å². The average molecular weight is 175 g/mol. The maximum absolute atomic E-state index is 5.66. The van der Waals surface area contributed by atoms with Crippen LogP contribution in [0.5, 0.6) is 0 Å². The van der Waals surface area contributed by atoms with Gasteiger partial charge in [0.15, 0.2) is 0 Å². The topological polar surface area (TPSA) is 0 Å². The smallest absolute Gasteiger partial charge is 0.00344 e. The third-order valence-corrected chi connectivity index (χ3v) is 2.14. The maximum atomic E-state index is 5.66. The van der Waals surface area contributed by atoms with Crippen LogP contribution in [0.25, 0.3) is 0 Å². The second kappa shape index (κ2) is 8.13. The van der Waals surface area contributed by atoms with Gasteiger partial charge in [-0.2, -0.15) is 0 Å². The number of hydrogen-bond donors (Lipinski definition) is 0. The van der Waals surface area contributed by atoms with Gasteiger partial charge in [-0.1, -0.05) is 50.3 Å². The average Bonchev–Trinajstić information content (AvgIpc) is 2.03. The molecule has 0 aliphatic heterocycles. The van der Waals surface area contributed by atoms with Crippen molar-refractivity contribution in [2.75, 3.05) is 0 Å². The molecule has 0 N–H and O–H groups in total. The molecule has 66 valence electrons. The second-order valence-electron chi connectivity index (χ2n) is 2.97. The van der Waals surface area contributed by atoms with Gasteiger partial charge in [-0.05, 0) is 19.3 Å². The van der Waals surface area contributed by atoms with Crippen LogP contribution in [0.2, 0.25) is 0 Å². The van der Waals surface area contributed by atoms with Gasteiger partial charge in [-0.3, -0.25) is 0 Å². The Morgan fingerprint density at radius 2 is 1.82 bits per heavy atom. The van der Waals surface area contributed by atoms with Crippen LogP contribution in [0.3, 0.4) is 0 Å². The summed E-state index contributed by atoms with van der Waals surface area (Å²) < 4.78 is 0. The van der Waals surface area contributed by atoms with Crippen molar-refractivity contribution in [3.63, 3.8) is 0 Å². The zero-order valence-electron chi connectivity index (χ0n) is 7.70. The zero-order valence-corrected chi connectivity index (χ0v) is 8.45. The van der Waals surface area contributed by atoms with Gasteiger partial charge in [0.05, 0.1) is 0 Å². The number of hydrogen-bond acceptors (Lipinski definition) is 0. The van der Waals surface area contributed by atoms with Gasteiger partial charge in [0.1, 0.15) is 0 Å². The molecule has 0 radical (unpaired) electrons. The molecule has 0 aromatic heterocycles. The summed E-state index contributed by atoms with van der Waals surface area (Å²) in [6.45, 7) is 4.42. The lowest BCUT2D eigenvalue weighted by molar-refractivity contribution is 0.692. The monoisotopic (exact) mass is 174 g/mol. The van der Waals surface area contributed by atoms with Gasteiger partial charge in [0, 0.05) is 5.54 Å². The van der Waals surface area contributed by atoms with Crippen molar-refractivity contribution < 1.29 is 0 Å². The molecule has 0 rings (SSSR count). The Morgan fingerprint density at radius 3 is 2.27 bits per heavy atom. The molecular formula is C10H19Cl. The van der Waals surface area contributed by atoms with Crippen LogP contribution >= 0.6 is 11.6 Å². The standard InChI is InChI=1S/C10H19Cl/c1-3-5-6-8-10(9-11)7-4-2/h9H,3-8H2,1-2H3/b10-9-. The molecule has 0 nitrogen and oxygen atoms in total. The first-order chi connectivity index (χ1) is 5.35. The Hall–Kier alpha value is 0.0300. The minimum absolute atomic E-state index is 1.17. The maximum Gasteiger partial charge on any atom is 0.00344 e. The summed E-state index contributed by atoms with van der Waals surface area (Å²) in [5.74, 6) is 0. The van der Waals surface area contributed by atoms with Gasteiger partial charge < -0.3 is 0 Å². The predicted octanol–water partition coefficient (Wildman–Crippen LogP) is 4.49. The Bertz CT molecular complexity index is 105. The van der Waals surface area contributed by atoms with Crippen molar-refractivity contribution in [1.82, 2.24) is 0 Å². The number of unbranched alkanes of at least 4 members (excludes halogenated alkanes) is 2. The van der Waals surface area contributed by atoms with E-state index < -0.39 is 0 Å². The highest BCUT2D eigenvalue weighted by Crippen LogP contribution is 2.14. The van der Waals surface area contributed by atoms with Crippen LogP contribution in [0.4, 0.5) is 0 Å². The molecular weight excluding hydrogens is 156 g/mol. The van der Waals surface area contributed by atoms with Crippen LogP contribution in [-0.4, -0.2) is 0 Å². The van der Waals surface area contributed by atoms with E-state index in [0.717, 1.165) is 0 Å². The summed E-state index contributed by atoms with van der Waals surface area (Å²) in [5.41, 5.74) is 3.18. The van der Waals surface area contributed by atoms with E-state index in [0.29, 0.717) is 0 Å². The molecule has 0 bridgehead atoms. The lowest BCUT2D eigenvalue weighted by Crippen LogP contribution is -1.82. The molecule has 0 amide bonds. The Labute approximate surface area is 75.6 Å². The largest absolute Gasteiger partial charge is 0.0930 e. The molecule has 0 atom stereocenters. The fourth-order valence-electron chi connectivity index (χ4n) is 1.16. The molecule has 0 aromatic rings. The fraction of sp³-hybridized carbons (Fsp3) is 0.800.